The van der Waals surface area contributed by atoms with E-state index in [1.54, 1.807) is 12.1 Å². The molecule has 5 N–H and O–H groups in total. The van der Waals surface area contributed by atoms with Crippen molar-refractivity contribution in [3.8, 4) is 22.3 Å². The summed E-state index contributed by atoms with van der Waals surface area (Å²) in [5, 5.41) is 42.0. The molecule has 0 saturated heterocycles. The molecule has 9 nitrogen and oxygen atoms in total. The molecule has 2 atom stereocenters. The Hall–Kier alpha value is -4.80. The summed E-state index contributed by atoms with van der Waals surface area (Å²) >= 11 is 0. The molecule has 10 heteroatoms. The van der Waals surface area contributed by atoms with Crippen LogP contribution in [0.3, 0.4) is 0 Å². The maximum atomic E-state index is 14.1. The first kappa shape index (κ1) is 32.1. The Bertz CT molecular complexity index is 1610. The van der Waals surface area contributed by atoms with Crippen LogP contribution < -0.4 is 5.32 Å². The van der Waals surface area contributed by atoms with Gasteiger partial charge in [-0.25, -0.2) is 9.18 Å². The fourth-order valence-electron chi connectivity index (χ4n) is 5.40. The number of nitrogens with one attached hydrogen (secondary N) is 1. The summed E-state index contributed by atoms with van der Waals surface area (Å²) in [6.45, 7) is 3.83. The van der Waals surface area contributed by atoms with Gasteiger partial charge in [0.05, 0.1) is 24.2 Å². The number of amides is 1. The zero-order chi connectivity index (χ0) is 32.0. The van der Waals surface area contributed by atoms with E-state index in [1.165, 1.54) is 36.4 Å². The summed E-state index contributed by atoms with van der Waals surface area (Å²) < 4.78 is 15.9. The van der Waals surface area contributed by atoms with Crippen LogP contribution in [-0.4, -0.2) is 55.0 Å². The number of carboxylic acid groups (broad SMARTS) is 2. The maximum Gasteiger partial charge on any atom is 0.335 e. The summed E-state index contributed by atoms with van der Waals surface area (Å²) in [6, 6.07) is 20.8. The largest absolute Gasteiger partial charge is 0.481 e. The lowest BCUT2D eigenvalue weighted by atomic mass is 9.92. The molecule has 0 spiro atoms. The van der Waals surface area contributed by atoms with Crippen LogP contribution in [0.15, 0.2) is 78.9 Å². The molecule has 3 aromatic carbocycles. The second-order valence-electron chi connectivity index (χ2n) is 10.9. The van der Waals surface area contributed by atoms with E-state index >= 15 is 0 Å². The SMILES string of the molecule is CC(C)n1c(CC[C@@H](O)C[C@@H](O)CC(=O)O)c(-c2ccc(F)cc2)c(-c2ccccc2)c1C(=O)Nc1ccc(C(=O)O)cc1. The van der Waals surface area contributed by atoms with E-state index in [-0.39, 0.29) is 30.9 Å². The molecular formula is C34H35FN2O7. The quantitative estimate of drug-likeness (QED) is 0.126. The van der Waals surface area contributed by atoms with Gasteiger partial charge in [0, 0.05) is 28.6 Å². The molecular weight excluding hydrogens is 567 g/mol. The highest BCUT2D eigenvalue weighted by Crippen LogP contribution is 2.43. The van der Waals surface area contributed by atoms with E-state index in [9.17, 15) is 34.1 Å². The second-order valence-corrected chi connectivity index (χ2v) is 10.9. The Balaban J connectivity index is 1.88. The lowest BCUT2D eigenvalue weighted by Gasteiger charge is -2.20. The van der Waals surface area contributed by atoms with Crippen molar-refractivity contribution in [2.75, 3.05) is 5.32 Å². The van der Waals surface area contributed by atoms with Gasteiger partial charge in [-0.1, -0.05) is 42.5 Å². The normalized spacial score (nSPS) is 12.6. The van der Waals surface area contributed by atoms with Crippen molar-refractivity contribution in [2.45, 2.75) is 57.8 Å². The van der Waals surface area contributed by atoms with Crippen molar-refractivity contribution < 1.29 is 39.2 Å². The number of hydrogen-bond donors (Lipinski definition) is 5. The van der Waals surface area contributed by atoms with Gasteiger partial charge in [-0.3, -0.25) is 9.59 Å². The van der Waals surface area contributed by atoms with Gasteiger partial charge in [0.1, 0.15) is 11.5 Å². The van der Waals surface area contributed by atoms with Gasteiger partial charge in [-0.2, -0.15) is 0 Å². The average molecular weight is 603 g/mol. The molecule has 1 heterocycles. The van der Waals surface area contributed by atoms with Crippen molar-refractivity contribution in [3.05, 3.63) is 102 Å². The molecule has 44 heavy (non-hydrogen) atoms. The first-order valence-electron chi connectivity index (χ1n) is 14.3. The van der Waals surface area contributed by atoms with E-state index in [4.69, 9.17) is 5.11 Å². The Morgan fingerprint density at radius 2 is 1.43 bits per heavy atom. The molecule has 1 amide bonds. The van der Waals surface area contributed by atoms with Gasteiger partial charge in [-0.15, -0.1) is 0 Å². The lowest BCUT2D eigenvalue weighted by Crippen LogP contribution is -2.22. The van der Waals surface area contributed by atoms with E-state index in [1.807, 2.05) is 48.7 Å². The van der Waals surface area contributed by atoms with Gasteiger partial charge in [0.2, 0.25) is 0 Å². The van der Waals surface area contributed by atoms with Crippen LogP contribution in [-0.2, 0) is 11.2 Å². The average Bonchev–Trinajstić information content (AvgIpc) is 3.32. The molecule has 0 saturated carbocycles. The van der Waals surface area contributed by atoms with Gasteiger partial charge >= 0.3 is 11.9 Å². The Morgan fingerprint density at radius 3 is 2.00 bits per heavy atom. The van der Waals surface area contributed by atoms with Crippen molar-refractivity contribution in [1.82, 2.24) is 4.57 Å². The molecule has 0 radical (unpaired) electrons. The Kier molecular flexibility index (Phi) is 10.3. The van der Waals surface area contributed by atoms with Crippen molar-refractivity contribution in [3.63, 3.8) is 0 Å². The minimum Gasteiger partial charge on any atom is -0.481 e. The van der Waals surface area contributed by atoms with E-state index in [0.29, 0.717) is 33.8 Å². The molecule has 1 aromatic heterocycles. The van der Waals surface area contributed by atoms with Crippen LogP contribution in [0.2, 0.25) is 0 Å². The number of aromatic nitrogens is 1. The summed E-state index contributed by atoms with van der Waals surface area (Å²) in [5.41, 5.74) is 4.15. The van der Waals surface area contributed by atoms with E-state index in [2.05, 4.69) is 5.32 Å². The number of carboxylic acids is 2. The van der Waals surface area contributed by atoms with Crippen LogP contribution in [0.25, 0.3) is 22.3 Å². The van der Waals surface area contributed by atoms with Gasteiger partial charge in [0.15, 0.2) is 0 Å². The summed E-state index contributed by atoms with van der Waals surface area (Å²) in [7, 11) is 0. The predicted molar refractivity (Wildman–Crippen MR) is 164 cm³/mol. The van der Waals surface area contributed by atoms with Crippen LogP contribution in [0.1, 0.15) is 65.7 Å². The number of rotatable bonds is 13. The molecule has 4 rings (SSSR count). The molecule has 230 valence electrons. The zero-order valence-electron chi connectivity index (χ0n) is 24.4. The number of anilines is 1. The lowest BCUT2D eigenvalue weighted by molar-refractivity contribution is -0.139. The van der Waals surface area contributed by atoms with Crippen LogP contribution >= 0.6 is 0 Å². The summed E-state index contributed by atoms with van der Waals surface area (Å²) in [5.74, 6) is -3.13. The number of carbonyl (C=O) groups is 3. The van der Waals surface area contributed by atoms with Gasteiger partial charge < -0.3 is 30.3 Å². The second kappa shape index (κ2) is 14.1. The zero-order valence-corrected chi connectivity index (χ0v) is 24.4. The number of aliphatic hydroxyl groups excluding tert-OH is 2. The van der Waals surface area contributed by atoms with Crippen LogP contribution in [0.5, 0.6) is 0 Å². The maximum absolute atomic E-state index is 14.1. The molecule has 0 aliphatic rings. The number of carbonyl (C=O) groups excluding carboxylic acids is 1. The smallest absolute Gasteiger partial charge is 0.335 e. The molecule has 0 fully saturated rings. The topological polar surface area (TPSA) is 149 Å². The standard InChI is InChI=1S/C34H35FN2O7/c1-20(2)37-28(17-16-26(38)18-27(39)19-29(40)41)30(22-8-12-24(35)13-9-22)31(21-6-4-3-5-7-21)32(37)33(42)36-25-14-10-23(11-15-25)34(43)44/h3-15,20,26-27,38-39H,16-19H2,1-2H3,(H,36,42)(H,40,41)(H,43,44)/t26-,27-/m1/s1. The number of halogens is 1. The predicted octanol–water partition coefficient (Wildman–Crippen LogP) is 6.01. The molecule has 0 unspecified atom stereocenters. The third-order valence-electron chi connectivity index (χ3n) is 7.29. The fraction of sp³-hybridized carbons (Fsp3) is 0.265. The highest BCUT2D eigenvalue weighted by Gasteiger charge is 2.30. The van der Waals surface area contributed by atoms with Gasteiger partial charge in [0.25, 0.3) is 5.91 Å². The number of benzene rings is 3. The number of aromatic carboxylic acids is 1. The fourth-order valence-corrected chi connectivity index (χ4v) is 5.40. The van der Waals surface area contributed by atoms with E-state index in [0.717, 1.165) is 5.56 Å². The van der Waals surface area contributed by atoms with Crippen LogP contribution in [0.4, 0.5) is 10.1 Å². The van der Waals surface area contributed by atoms with Gasteiger partial charge in [-0.05, 0) is 80.6 Å². The first-order chi connectivity index (χ1) is 21.0. The number of hydrogen-bond acceptors (Lipinski definition) is 5. The molecule has 0 bridgehead atoms. The van der Waals surface area contributed by atoms with E-state index < -0.39 is 42.3 Å². The Labute approximate surface area is 254 Å². The Morgan fingerprint density at radius 1 is 0.818 bits per heavy atom. The minimum atomic E-state index is -1.22. The van der Waals surface area contributed by atoms with Crippen molar-refractivity contribution in [2.24, 2.45) is 0 Å². The van der Waals surface area contributed by atoms with Crippen molar-refractivity contribution in [1.29, 1.82) is 0 Å². The number of aliphatic hydroxyl groups is 2. The third kappa shape index (κ3) is 7.58. The number of nitrogens with zero attached hydrogens (tertiary/aromatic N) is 1. The van der Waals surface area contributed by atoms with Crippen LogP contribution in [0, 0.1) is 5.82 Å². The third-order valence-corrected chi connectivity index (χ3v) is 7.29. The molecule has 0 aliphatic carbocycles. The number of aliphatic carboxylic acids is 1. The molecule has 4 aromatic rings. The highest BCUT2D eigenvalue weighted by molar-refractivity contribution is 6.11. The highest BCUT2D eigenvalue weighted by atomic mass is 19.1. The first-order valence-corrected chi connectivity index (χ1v) is 14.3. The van der Waals surface area contributed by atoms with Crippen molar-refractivity contribution >= 4 is 23.5 Å². The summed E-state index contributed by atoms with van der Waals surface area (Å²) in [6.07, 6.45) is -2.45. The molecule has 0 aliphatic heterocycles. The minimum absolute atomic E-state index is 0.0754. The summed E-state index contributed by atoms with van der Waals surface area (Å²) in [4.78, 5) is 36.5. The monoisotopic (exact) mass is 602 g/mol.